The fraction of sp³-hybridized carbons (Fsp3) is 0.583. The molecule has 1 unspecified atom stereocenters. The van der Waals surface area contributed by atoms with Gasteiger partial charge in [0, 0.05) is 24.6 Å². The van der Waals surface area contributed by atoms with E-state index in [9.17, 15) is 5.11 Å². The predicted octanol–water partition coefficient (Wildman–Crippen LogP) is 1.66. The molecule has 16 heavy (non-hydrogen) atoms. The highest BCUT2D eigenvalue weighted by Crippen LogP contribution is 2.22. The van der Waals surface area contributed by atoms with Crippen LogP contribution >= 0.6 is 0 Å². The molecule has 2 heterocycles. The second-order valence-electron chi connectivity index (χ2n) is 3.89. The van der Waals surface area contributed by atoms with Gasteiger partial charge in [-0.3, -0.25) is 4.98 Å². The molecule has 1 aromatic rings. The Balaban J connectivity index is 1.94. The van der Waals surface area contributed by atoms with Crippen LogP contribution in [-0.4, -0.2) is 29.6 Å². The van der Waals surface area contributed by atoms with Gasteiger partial charge in [0.1, 0.15) is 6.10 Å². The van der Waals surface area contributed by atoms with Crippen molar-refractivity contribution < 1.29 is 14.6 Å². The molecule has 0 aliphatic carbocycles. The lowest BCUT2D eigenvalue weighted by molar-refractivity contribution is -0.196. The number of ether oxygens (including phenoxy) is 2. The van der Waals surface area contributed by atoms with Crippen LogP contribution in [0.5, 0.6) is 0 Å². The van der Waals surface area contributed by atoms with Crippen molar-refractivity contribution in [2.45, 2.75) is 31.7 Å². The highest BCUT2D eigenvalue weighted by Gasteiger charge is 2.20. The number of rotatable bonds is 4. The molecule has 1 N–H and O–H groups in total. The van der Waals surface area contributed by atoms with Gasteiger partial charge in [-0.15, -0.1) is 0 Å². The monoisotopic (exact) mass is 223 g/mol. The van der Waals surface area contributed by atoms with Gasteiger partial charge >= 0.3 is 0 Å². The number of nitrogens with zero attached hydrogens (tertiary/aromatic N) is 1. The van der Waals surface area contributed by atoms with Gasteiger partial charge in [-0.25, -0.2) is 0 Å². The third-order valence-electron chi connectivity index (χ3n) is 2.68. The number of hydrogen-bond donors (Lipinski definition) is 1. The molecule has 4 nitrogen and oxygen atoms in total. The van der Waals surface area contributed by atoms with E-state index in [1.807, 2.05) is 12.1 Å². The second kappa shape index (κ2) is 5.94. The van der Waals surface area contributed by atoms with Gasteiger partial charge in [0.25, 0.3) is 0 Å². The van der Waals surface area contributed by atoms with Crippen molar-refractivity contribution in [1.82, 2.24) is 4.98 Å². The molecular weight excluding hydrogens is 206 g/mol. The number of hydrogen-bond acceptors (Lipinski definition) is 4. The molecule has 1 fully saturated rings. The van der Waals surface area contributed by atoms with Crippen LogP contribution in [-0.2, 0) is 9.47 Å². The van der Waals surface area contributed by atoms with Crippen LogP contribution in [0.2, 0.25) is 0 Å². The molecule has 0 saturated carbocycles. The fourth-order valence-corrected chi connectivity index (χ4v) is 1.80. The Hall–Kier alpha value is -0.970. The van der Waals surface area contributed by atoms with Crippen LogP contribution in [0.3, 0.4) is 0 Å². The lowest BCUT2D eigenvalue weighted by Crippen LogP contribution is -2.25. The van der Waals surface area contributed by atoms with E-state index in [2.05, 4.69) is 4.98 Å². The number of aromatic nitrogens is 1. The van der Waals surface area contributed by atoms with Crippen molar-refractivity contribution in [3.63, 3.8) is 0 Å². The summed E-state index contributed by atoms with van der Waals surface area (Å²) >= 11 is 0. The summed E-state index contributed by atoms with van der Waals surface area (Å²) in [4.78, 5) is 4.01. The second-order valence-corrected chi connectivity index (χ2v) is 3.89. The predicted molar refractivity (Wildman–Crippen MR) is 58.7 cm³/mol. The first-order valence-electron chi connectivity index (χ1n) is 5.68. The van der Waals surface area contributed by atoms with E-state index in [-0.39, 0.29) is 19.0 Å². The zero-order chi connectivity index (χ0) is 11.2. The lowest BCUT2D eigenvalue weighted by Gasteiger charge is -2.26. The van der Waals surface area contributed by atoms with Gasteiger partial charge in [0.05, 0.1) is 6.61 Å². The minimum atomic E-state index is -0.336. The van der Waals surface area contributed by atoms with Gasteiger partial charge in [-0.1, -0.05) is 6.07 Å². The van der Waals surface area contributed by atoms with Crippen LogP contribution in [0.25, 0.3) is 0 Å². The van der Waals surface area contributed by atoms with Crippen LogP contribution < -0.4 is 0 Å². The summed E-state index contributed by atoms with van der Waals surface area (Å²) < 4.78 is 11.2. The molecule has 0 amide bonds. The quantitative estimate of drug-likeness (QED) is 0.843. The largest absolute Gasteiger partial charge is 0.393 e. The van der Waals surface area contributed by atoms with E-state index in [0.717, 1.165) is 31.4 Å². The van der Waals surface area contributed by atoms with Crippen molar-refractivity contribution in [3.8, 4) is 0 Å². The lowest BCUT2D eigenvalue weighted by atomic mass is 10.1. The molecule has 0 radical (unpaired) electrons. The summed E-state index contributed by atoms with van der Waals surface area (Å²) in [5.74, 6) is 0. The fourth-order valence-electron chi connectivity index (χ4n) is 1.80. The highest BCUT2D eigenvalue weighted by atomic mass is 16.7. The highest BCUT2D eigenvalue weighted by molar-refractivity contribution is 5.12. The van der Waals surface area contributed by atoms with Crippen LogP contribution in [0.15, 0.2) is 24.5 Å². The van der Waals surface area contributed by atoms with Gasteiger partial charge in [0.15, 0.2) is 6.29 Å². The van der Waals surface area contributed by atoms with Gasteiger partial charge < -0.3 is 14.6 Å². The summed E-state index contributed by atoms with van der Waals surface area (Å²) in [7, 11) is 0. The maximum absolute atomic E-state index is 9.30. The standard InChI is InChI=1S/C12H17NO3/c14-9-11(10-4-3-6-13-8-10)16-12-5-1-2-7-15-12/h3-4,6,8,11-12,14H,1-2,5,7,9H2/t11-,12?/m1/s1. The van der Waals surface area contributed by atoms with Crippen LogP contribution in [0.1, 0.15) is 30.9 Å². The Morgan fingerprint density at radius 2 is 2.50 bits per heavy atom. The SMILES string of the molecule is OC[C@@H](OC1CCCCO1)c1cccnc1. The third-order valence-corrected chi connectivity index (χ3v) is 2.68. The van der Waals surface area contributed by atoms with E-state index in [1.54, 1.807) is 12.4 Å². The van der Waals surface area contributed by atoms with E-state index >= 15 is 0 Å². The molecule has 0 aromatic carbocycles. The molecule has 0 spiro atoms. The third kappa shape index (κ3) is 3.01. The Labute approximate surface area is 95.2 Å². The molecule has 4 heteroatoms. The van der Waals surface area contributed by atoms with E-state index in [1.165, 1.54) is 0 Å². The first-order chi connectivity index (χ1) is 7.90. The Kier molecular flexibility index (Phi) is 4.27. The Morgan fingerprint density at radius 1 is 1.56 bits per heavy atom. The van der Waals surface area contributed by atoms with Crippen molar-refractivity contribution in [3.05, 3.63) is 30.1 Å². The van der Waals surface area contributed by atoms with Crippen LogP contribution in [0, 0.1) is 0 Å². The van der Waals surface area contributed by atoms with Gasteiger partial charge in [-0.2, -0.15) is 0 Å². The van der Waals surface area contributed by atoms with Crippen LogP contribution in [0.4, 0.5) is 0 Å². The molecule has 1 aliphatic rings. The minimum absolute atomic E-state index is 0.0500. The molecule has 1 aromatic heterocycles. The van der Waals surface area contributed by atoms with E-state index in [0.29, 0.717) is 0 Å². The van der Waals surface area contributed by atoms with E-state index < -0.39 is 0 Å². The van der Waals surface area contributed by atoms with E-state index in [4.69, 9.17) is 9.47 Å². The maximum Gasteiger partial charge on any atom is 0.158 e. The van der Waals surface area contributed by atoms with Gasteiger partial charge in [0.2, 0.25) is 0 Å². The zero-order valence-electron chi connectivity index (χ0n) is 9.21. The van der Waals surface area contributed by atoms with Gasteiger partial charge in [-0.05, 0) is 25.3 Å². The Bertz CT molecular complexity index is 298. The smallest absolute Gasteiger partial charge is 0.158 e. The first-order valence-corrected chi connectivity index (χ1v) is 5.68. The van der Waals surface area contributed by atoms with Crippen molar-refractivity contribution in [2.75, 3.05) is 13.2 Å². The summed E-state index contributed by atoms with van der Waals surface area (Å²) in [5.41, 5.74) is 0.888. The summed E-state index contributed by atoms with van der Waals surface area (Å²) in [5, 5.41) is 9.30. The Morgan fingerprint density at radius 3 is 3.12 bits per heavy atom. The molecule has 1 aliphatic heterocycles. The molecule has 88 valence electrons. The average molecular weight is 223 g/mol. The number of aliphatic hydroxyl groups is 1. The van der Waals surface area contributed by atoms with Crippen molar-refractivity contribution in [2.24, 2.45) is 0 Å². The molecule has 0 bridgehead atoms. The zero-order valence-corrected chi connectivity index (χ0v) is 9.21. The first kappa shape index (κ1) is 11.5. The molecule has 2 atom stereocenters. The minimum Gasteiger partial charge on any atom is -0.393 e. The number of pyridine rings is 1. The number of aliphatic hydroxyl groups excluding tert-OH is 1. The summed E-state index contributed by atoms with van der Waals surface area (Å²) in [6.07, 6.45) is 6.00. The van der Waals surface area contributed by atoms with Crippen molar-refractivity contribution in [1.29, 1.82) is 0 Å². The average Bonchev–Trinajstić information content (AvgIpc) is 2.38. The van der Waals surface area contributed by atoms with Crippen molar-refractivity contribution >= 4 is 0 Å². The molecule has 1 saturated heterocycles. The normalized spacial score (nSPS) is 22.9. The maximum atomic E-state index is 9.30. The topological polar surface area (TPSA) is 51.6 Å². The summed E-state index contributed by atoms with van der Waals surface area (Å²) in [6.45, 7) is 0.696. The molecular formula is C12H17NO3. The molecule has 2 rings (SSSR count). The summed E-state index contributed by atoms with van der Waals surface area (Å²) in [6, 6.07) is 3.74.